The van der Waals surface area contributed by atoms with Crippen LogP contribution in [0.4, 0.5) is 0 Å². The van der Waals surface area contributed by atoms with Gasteiger partial charge in [0, 0.05) is 16.8 Å². The van der Waals surface area contributed by atoms with Gasteiger partial charge in [0.2, 0.25) is 0 Å². The number of aryl methyl sites for hydroxylation is 2. The van der Waals surface area contributed by atoms with Crippen LogP contribution in [0.2, 0.25) is 0 Å². The van der Waals surface area contributed by atoms with Gasteiger partial charge < -0.3 is 4.57 Å². The van der Waals surface area contributed by atoms with Gasteiger partial charge in [-0.2, -0.15) is 0 Å². The van der Waals surface area contributed by atoms with E-state index in [0.717, 1.165) is 12.8 Å². The number of benzene rings is 2. The van der Waals surface area contributed by atoms with Gasteiger partial charge in [0.05, 0.1) is 21.1 Å². The van der Waals surface area contributed by atoms with Gasteiger partial charge in [-0.25, -0.2) is 0 Å². The van der Waals surface area contributed by atoms with Crippen LogP contribution in [0.5, 0.6) is 0 Å². The lowest BCUT2D eigenvalue weighted by Gasteiger charge is -2.10. The van der Waals surface area contributed by atoms with E-state index in [4.69, 9.17) is 0 Å². The van der Waals surface area contributed by atoms with Gasteiger partial charge in [-0.3, -0.25) is 0 Å². The first-order chi connectivity index (χ1) is 19.7. The van der Waals surface area contributed by atoms with Gasteiger partial charge in [-0.1, -0.05) is 113 Å². The molecule has 0 aliphatic heterocycles. The monoisotopic (exact) mass is 565 g/mol. The predicted octanol–water partition coefficient (Wildman–Crippen LogP) is 12.1. The highest BCUT2D eigenvalue weighted by atomic mass is 32.1. The average Bonchev–Trinajstić information content (AvgIpc) is 3.71. The fourth-order valence-corrected chi connectivity index (χ4v) is 8.16. The number of nitrogens with zero attached hydrogens (tertiary/aromatic N) is 1. The molecule has 0 unspecified atom stereocenters. The first kappa shape index (κ1) is 28.6. The van der Waals surface area contributed by atoms with E-state index in [2.05, 4.69) is 110 Å². The lowest BCUT2D eigenvalue weighted by Crippen LogP contribution is -1.96. The van der Waals surface area contributed by atoms with Crippen LogP contribution in [0, 0.1) is 0 Å². The lowest BCUT2D eigenvalue weighted by molar-refractivity contribution is 0.667. The van der Waals surface area contributed by atoms with E-state index in [9.17, 15) is 0 Å². The number of rotatable bonds is 14. The normalized spacial score (nSPS) is 11.4. The van der Waals surface area contributed by atoms with Crippen LogP contribution in [0.1, 0.15) is 76.3 Å². The Morgan fingerprint density at radius 2 is 0.950 bits per heavy atom. The molecule has 0 aliphatic carbocycles. The summed E-state index contributed by atoms with van der Waals surface area (Å²) in [4.78, 5) is 5.63. The Balaban J connectivity index is 1.52. The number of unbranched alkanes of at least 4 members (excludes halogenated alkanes) is 6. The Kier molecular flexibility index (Phi) is 10.1. The molecule has 208 valence electrons. The molecule has 1 nitrogen and oxygen atoms in total. The van der Waals surface area contributed by atoms with E-state index in [1.165, 1.54) is 105 Å². The molecule has 0 spiro atoms. The summed E-state index contributed by atoms with van der Waals surface area (Å²) in [5.74, 6) is 0. The summed E-state index contributed by atoms with van der Waals surface area (Å²) >= 11 is 3.92. The molecule has 2 aromatic carbocycles. The topological polar surface area (TPSA) is 4.93 Å². The smallest absolute Gasteiger partial charge is 0.0587 e. The van der Waals surface area contributed by atoms with Crippen molar-refractivity contribution in [1.29, 1.82) is 0 Å². The maximum atomic E-state index is 2.46. The van der Waals surface area contributed by atoms with E-state index in [1.54, 1.807) is 0 Å². The molecule has 0 saturated heterocycles. The first-order valence-electron chi connectivity index (χ1n) is 15.2. The quantitative estimate of drug-likeness (QED) is 0.118. The van der Waals surface area contributed by atoms with Gasteiger partial charge >= 0.3 is 0 Å². The number of hydrogen-bond donors (Lipinski definition) is 0. The van der Waals surface area contributed by atoms with Crippen molar-refractivity contribution in [3.63, 3.8) is 0 Å². The third-order valence-electron chi connectivity index (χ3n) is 7.92. The van der Waals surface area contributed by atoms with Crippen molar-refractivity contribution in [3.05, 3.63) is 96.1 Å². The zero-order valence-electron chi connectivity index (χ0n) is 24.4. The second kappa shape index (κ2) is 14.1. The molecule has 3 heterocycles. The minimum Gasteiger partial charge on any atom is -0.342 e. The predicted molar refractivity (Wildman–Crippen MR) is 179 cm³/mol. The van der Waals surface area contributed by atoms with Gasteiger partial charge in [0.1, 0.15) is 0 Å². The van der Waals surface area contributed by atoms with Gasteiger partial charge in [-0.15, -0.1) is 22.7 Å². The van der Waals surface area contributed by atoms with Gasteiger partial charge in [-0.05, 0) is 72.2 Å². The molecule has 0 fully saturated rings. The fraction of sp³-hybridized carbons (Fsp3) is 0.351. The van der Waals surface area contributed by atoms with Crippen molar-refractivity contribution in [2.45, 2.75) is 78.1 Å². The molecule has 5 aromatic rings. The molecule has 5 rings (SSSR count). The highest BCUT2D eigenvalue weighted by Gasteiger charge is 2.20. The molecule has 40 heavy (non-hydrogen) atoms. The van der Waals surface area contributed by atoms with E-state index in [0.29, 0.717) is 0 Å². The van der Waals surface area contributed by atoms with E-state index in [1.807, 2.05) is 22.7 Å². The Morgan fingerprint density at radius 3 is 1.35 bits per heavy atom. The van der Waals surface area contributed by atoms with Crippen molar-refractivity contribution in [2.75, 3.05) is 0 Å². The molecular formula is C37H43NS2. The molecule has 0 bridgehead atoms. The third kappa shape index (κ3) is 6.70. The van der Waals surface area contributed by atoms with Crippen LogP contribution >= 0.6 is 22.7 Å². The third-order valence-corrected chi connectivity index (χ3v) is 10.4. The van der Waals surface area contributed by atoms with Crippen molar-refractivity contribution in [2.24, 2.45) is 7.05 Å². The van der Waals surface area contributed by atoms with E-state index < -0.39 is 0 Å². The molecular weight excluding hydrogens is 523 g/mol. The molecule has 0 saturated carbocycles. The maximum Gasteiger partial charge on any atom is 0.0587 e. The summed E-state index contributed by atoms with van der Waals surface area (Å²) < 4.78 is 2.46. The SMILES string of the molecule is CCCCCCc1cc(-c2ccccc2)sc1-c1ccc(-c2sc(-c3ccccc3)cc2CCCCCC)n1C. The number of thiophene rings is 2. The molecule has 0 N–H and O–H groups in total. The summed E-state index contributed by atoms with van der Waals surface area (Å²) in [5, 5.41) is 0. The van der Waals surface area contributed by atoms with Crippen molar-refractivity contribution in [3.8, 4) is 42.0 Å². The first-order valence-corrected chi connectivity index (χ1v) is 16.9. The summed E-state index contributed by atoms with van der Waals surface area (Å²) in [6.45, 7) is 4.59. The Hall–Kier alpha value is -2.88. The molecule has 0 radical (unpaired) electrons. The minimum atomic E-state index is 1.15. The maximum absolute atomic E-state index is 2.46. The average molecular weight is 566 g/mol. The van der Waals surface area contributed by atoms with Gasteiger partial charge in [0.15, 0.2) is 0 Å². The van der Waals surface area contributed by atoms with E-state index in [-0.39, 0.29) is 0 Å². The Morgan fingerprint density at radius 1 is 0.525 bits per heavy atom. The summed E-state index contributed by atoms with van der Waals surface area (Å²) in [6.07, 6.45) is 12.6. The Labute approximate surface area is 249 Å². The number of aromatic nitrogens is 1. The van der Waals surface area contributed by atoms with Gasteiger partial charge in [0.25, 0.3) is 0 Å². The molecule has 3 heteroatoms. The number of hydrogen-bond acceptors (Lipinski definition) is 2. The standard InChI is InChI=1S/C37H43NS2/c1-4-6-8-12-22-30-26-34(28-18-14-10-15-19-28)39-36(30)32-24-25-33(38(32)3)37-31(23-13-9-7-5-2)27-35(40-37)29-20-16-11-17-21-29/h10-11,14-21,24-27H,4-9,12-13,22-23H2,1-3H3. The lowest BCUT2D eigenvalue weighted by atomic mass is 10.0. The van der Waals surface area contributed by atoms with Crippen LogP contribution in [0.25, 0.3) is 42.0 Å². The van der Waals surface area contributed by atoms with Crippen LogP contribution in [0.15, 0.2) is 84.9 Å². The highest BCUT2D eigenvalue weighted by Crippen LogP contribution is 2.44. The van der Waals surface area contributed by atoms with E-state index >= 15 is 0 Å². The summed E-state index contributed by atoms with van der Waals surface area (Å²) in [7, 11) is 2.27. The fourth-order valence-electron chi connectivity index (χ4n) is 5.60. The highest BCUT2D eigenvalue weighted by molar-refractivity contribution is 7.19. The van der Waals surface area contributed by atoms with Crippen molar-refractivity contribution >= 4 is 22.7 Å². The minimum absolute atomic E-state index is 1.15. The van der Waals surface area contributed by atoms with Crippen LogP contribution in [0.3, 0.4) is 0 Å². The summed E-state index contributed by atoms with van der Waals surface area (Å²) in [6, 6.07) is 31.5. The van der Waals surface area contributed by atoms with Crippen molar-refractivity contribution < 1.29 is 0 Å². The van der Waals surface area contributed by atoms with Crippen LogP contribution in [-0.4, -0.2) is 4.57 Å². The zero-order valence-corrected chi connectivity index (χ0v) is 26.1. The second-order valence-electron chi connectivity index (χ2n) is 10.9. The largest absolute Gasteiger partial charge is 0.342 e. The van der Waals surface area contributed by atoms with Crippen LogP contribution < -0.4 is 0 Å². The van der Waals surface area contributed by atoms with Crippen LogP contribution in [-0.2, 0) is 19.9 Å². The van der Waals surface area contributed by atoms with Crippen molar-refractivity contribution in [1.82, 2.24) is 4.57 Å². The molecule has 0 atom stereocenters. The summed E-state index contributed by atoms with van der Waals surface area (Å²) in [5.41, 5.74) is 8.34. The Bertz CT molecular complexity index is 1360. The zero-order chi connectivity index (χ0) is 27.7. The molecule has 0 amide bonds. The molecule has 0 aliphatic rings. The second-order valence-corrected chi connectivity index (χ2v) is 13.1. The molecule has 3 aromatic heterocycles.